The summed E-state index contributed by atoms with van der Waals surface area (Å²) < 4.78 is 0. The van der Waals surface area contributed by atoms with Crippen molar-refractivity contribution < 1.29 is 0 Å². The van der Waals surface area contributed by atoms with E-state index >= 15 is 0 Å². The van der Waals surface area contributed by atoms with Crippen molar-refractivity contribution in [1.29, 1.82) is 0 Å². The lowest BCUT2D eigenvalue weighted by atomic mass is 9.99. The monoisotopic (exact) mass is 303 g/mol. The van der Waals surface area contributed by atoms with Gasteiger partial charge in [0, 0.05) is 42.2 Å². The number of pyridine rings is 1. The van der Waals surface area contributed by atoms with Gasteiger partial charge in [0.15, 0.2) is 0 Å². The van der Waals surface area contributed by atoms with Gasteiger partial charge in [0.2, 0.25) is 0 Å². The minimum absolute atomic E-state index is 0.209. The Hall–Kier alpha value is -1.10. The first-order valence-electron chi connectivity index (χ1n) is 7.46. The molecule has 0 radical (unpaired) electrons. The van der Waals surface area contributed by atoms with E-state index in [2.05, 4.69) is 54.4 Å². The maximum atomic E-state index is 6.11. The lowest BCUT2D eigenvalue weighted by molar-refractivity contribution is 0.189. The van der Waals surface area contributed by atoms with E-state index in [4.69, 9.17) is 5.73 Å². The van der Waals surface area contributed by atoms with Crippen molar-refractivity contribution in [3.8, 4) is 0 Å². The van der Waals surface area contributed by atoms with Crippen molar-refractivity contribution in [3.05, 3.63) is 42.2 Å². The fourth-order valence-electron chi connectivity index (χ4n) is 2.89. The molecular formula is C17H25N3S. The lowest BCUT2D eigenvalue weighted by Crippen LogP contribution is -2.39. The third kappa shape index (κ3) is 3.57. The molecule has 1 heterocycles. The molecule has 0 spiro atoms. The van der Waals surface area contributed by atoms with Gasteiger partial charge >= 0.3 is 0 Å². The number of fused-ring (bicyclic) bond motifs is 1. The first kappa shape index (κ1) is 16.3. The molecule has 2 rings (SSSR count). The van der Waals surface area contributed by atoms with Gasteiger partial charge < -0.3 is 5.73 Å². The second kappa shape index (κ2) is 7.78. The Morgan fingerprint density at radius 1 is 1.29 bits per heavy atom. The Balaban J connectivity index is 2.39. The van der Waals surface area contributed by atoms with Crippen LogP contribution in [0.3, 0.4) is 0 Å². The molecule has 1 aromatic carbocycles. The molecule has 0 saturated heterocycles. The van der Waals surface area contributed by atoms with Gasteiger partial charge in [0.1, 0.15) is 0 Å². The van der Waals surface area contributed by atoms with Crippen LogP contribution in [0, 0.1) is 0 Å². The minimum atomic E-state index is 0.209. The smallest absolute Gasteiger partial charge is 0.0492 e. The molecule has 2 aromatic rings. The fourth-order valence-corrected chi connectivity index (χ4v) is 3.74. The molecule has 0 saturated carbocycles. The van der Waals surface area contributed by atoms with Crippen LogP contribution in [0.15, 0.2) is 36.7 Å². The molecule has 0 aliphatic carbocycles. The van der Waals surface area contributed by atoms with Gasteiger partial charge in [-0.1, -0.05) is 31.2 Å². The zero-order chi connectivity index (χ0) is 15.2. The number of thioether (sulfide) groups is 1. The summed E-state index contributed by atoms with van der Waals surface area (Å²) in [5, 5.41) is 2.44. The highest BCUT2D eigenvalue weighted by atomic mass is 32.2. The second-order valence-corrected chi connectivity index (χ2v) is 6.29. The van der Waals surface area contributed by atoms with E-state index in [0.29, 0.717) is 12.6 Å². The Labute approximate surface area is 131 Å². The van der Waals surface area contributed by atoms with Crippen LogP contribution in [0.5, 0.6) is 0 Å². The van der Waals surface area contributed by atoms with Gasteiger partial charge in [0.05, 0.1) is 0 Å². The van der Waals surface area contributed by atoms with Crippen molar-refractivity contribution >= 4 is 22.5 Å². The third-order valence-corrected chi connectivity index (χ3v) is 4.90. The molecule has 0 fully saturated rings. The molecule has 4 heteroatoms. The summed E-state index contributed by atoms with van der Waals surface area (Å²) in [7, 11) is 2.18. The van der Waals surface area contributed by atoms with Gasteiger partial charge in [0.25, 0.3) is 0 Å². The number of nitrogens with two attached hydrogens (primary N) is 1. The molecule has 1 aromatic heterocycles. The van der Waals surface area contributed by atoms with Crippen molar-refractivity contribution in [2.24, 2.45) is 5.73 Å². The van der Waals surface area contributed by atoms with E-state index in [1.807, 2.05) is 24.2 Å². The summed E-state index contributed by atoms with van der Waals surface area (Å²) in [5.41, 5.74) is 7.34. The van der Waals surface area contributed by atoms with Gasteiger partial charge in [-0.2, -0.15) is 11.8 Å². The van der Waals surface area contributed by atoms with Crippen LogP contribution in [-0.2, 0) is 0 Å². The molecule has 0 aliphatic heterocycles. The maximum Gasteiger partial charge on any atom is 0.0492 e. The number of likely N-dealkylation sites (N-methyl/N-ethyl adjacent to an activating group) is 1. The molecular weight excluding hydrogens is 278 g/mol. The highest BCUT2D eigenvalue weighted by Crippen LogP contribution is 2.28. The first-order chi connectivity index (χ1) is 10.2. The molecule has 0 amide bonds. The molecule has 114 valence electrons. The Morgan fingerprint density at radius 3 is 2.71 bits per heavy atom. The predicted molar refractivity (Wildman–Crippen MR) is 93.8 cm³/mol. The number of benzene rings is 1. The summed E-state index contributed by atoms with van der Waals surface area (Å²) in [5.74, 6) is 1.13. The van der Waals surface area contributed by atoms with Crippen molar-refractivity contribution in [3.63, 3.8) is 0 Å². The summed E-state index contributed by atoms with van der Waals surface area (Å²) >= 11 is 1.89. The number of hydrogen-bond acceptors (Lipinski definition) is 4. The minimum Gasteiger partial charge on any atom is -0.329 e. The topological polar surface area (TPSA) is 42.1 Å². The summed E-state index contributed by atoms with van der Waals surface area (Å²) in [6.45, 7) is 2.85. The molecule has 21 heavy (non-hydrogen) atoms. The molecule has 0 bridgehead atoms. The van der Waals surface area contributed by atoms with Crippen molar-refractivity contribution in [1.82, 2.24) is 9.88 Å². The summed E-state index contributed by atoms with van der Waals surface area (Å²) in [6.07, 6.45) is 7.19. The summed E-state index contributed by atoms with van der Waals surface area (Å²) in [4.78, 5) is 6.82. The molecule has 2 atom stereocenters. The van der Waals surface area contributed by atoms with Crippen LogP contribution >= 0.6 is 11.8 Å². The molecule has 2 unspecified atom stereocenters. The number of rotatable bonds is 7. The standard InChI is InChI=1S/C17H25N3S/c1-4-14(12-21-3)20(2)17(9-18)16-11-19-10-13-7-5-6-8-15(13)16/h5-8,10-11,14,17H,4,9,12,18H2,1-3H3. The number of aromatic nitrogens is 1. The zero-order valence-corrected chi connectivity index (χ0v) is 13.9. The maximum absolute atomic E-state index is 6.11. The Bertz CT molecular complexity index is 567. The largest absolute Gasteiger partial charge is 0.329 e. The molecule has 3 nitrogen and oxygen atoms in total. The zero-order valence-electron chi connectivity index (χ0n) is 13.1. The van der Waals surface area contributed by atoms with E-state index < -0.39 is 0 Å². The predicted octanol–water partition coefficient (Wildman–Crippen LogP) is 3.31. The van der Waals surface area contributed by atoms with E-state index in [1.54, 1.807) is 0 Å². The van der Waals surface area contributed by atoms with Gasteiger partial charge in [-0.3, -0.25) is 9.88 Å². The quantitative estimate of drug-likeness (QED) is 0.852. The second-order valence-electron chi connectivity index (χ2n) is 5.38. The van der Waals surface area contributed by atoms with Crippen molar-refractivity contribution in [2.75, 3.05) is 25.6 Å². The van der Waals surface area contributed by atoms with Crippen LogP contribution in [0.4, 0.5) is 0 Å². The van der Waals surface area contributed by atoms with Crippen molar-refractivity contribution in [2.45, 2.75) is 25.4 Å². The molecule has 2 N–H and O–H groups in total. The van der Waals surface area contributed by atoms with Crippen LogP contribution in [0.25, 0.3) is 10.8 Å². The van der Waals surface area contributed by atoms with E-state index in [0.717, 1.165) is 12.2 Å². The summed E-state index contributed by atoms with van der Waals surface area (Å²) in [6, 6.07) is 9.15. The molecule has 0 aliphatic rings. The highest BCUT2D eigenvalue weighted by molar-refractivity contribution is 7.98. The average molecular weight is 303 g/mol. The van der Waals surface area contributed by atoms with Crippen LogP contribution < -0.4 is 5.73 Å². The normalized spacial score (nSPS) is 14.5. The van der Waals surface area contributed by atoms with E-state index in [9.17, 15) is 0 Å². The van der Waals surface area contributed by atoms with Gasteiger partial charge in [-0.25, -0.2) is 0 Å². The SMILES string of the molecule is CCC(CSC)N(C)C(CN)c1cncc2ccccc12. The van der Waals surface area contributed by atoms with Gasteiger partial charge in [-0.15, -0.1) is 0 Å². The van der Waals surface area contributed by atoms with Gasteiger partial charge in [-0.05, 0) is 30.7 Å². The fraction of sp³-hybridized carbons (Fsp3) is 0.471. The van der Waals surface area contributed by atoms with Crippen LogP contribution in [-0.4, -0.2) is 41.5 Å². The number of hydrogen-bond donors (Lipinski definition) is 1. The highest BCUT2D eigenvalue weighted by Gasteiger charge is 2.23. The Morgan fingerprint density at radius 2 is 2.05 bits per heavy atom. The van der Waals surface area contributed by atoms with Crippen LogP contribution in [0.2, 0.25) is 0 Å². The third-order valence-electron chi connectivity index (χ3n) is 4.18. The van der Waals surface area contributed by atoms with E-state index in [-0.39, 0.29) is 6.04 Å². The number of nitrogens with zero attached hydrogens (tertiary/aromatic N) is 2. The van der Waals surface area contributed by atoms with Crippen LogP contribution in [0.1, 0.15) is 24.9 Å². The first-order valence-corrected chi connectivity index (χ1v) is 8.85. The van der Waals surface area contributed by atoms with E-state index in [1.165, 1.54) is 16.3 Å². The lowest BCUT2D eigenvalue weighted by Gasteiger charge is -2.34. The Kier molecular flexibility index (Phi) is 6.03. The average Bonchev–Trinajstić information content (AvgIpc) is 2.53.